The molecule has 3 rings (SSSR count). The molecule has 2 aromatic rings. The summed E-state index contributed by atoms with van der Waals surface area (Å²) in [4.78, 5) is 4.54. The number of benzene rings is 1. The Labute approximate surface area is 124 Å². The van der Waals surface area contributed by atoms with Gasteiger partial charge in [-0.1, -0.05) is 13.0 Å². The number of nitrogens with zero attached hydrogens (tertiary/aromatic N) is 2. The number of nitrogens with two attached hydrogens (primary N) is 1. The van der Waals surface area contributed by atoms with Gasteiger partial charge in [-0.05, 0) is 36.6 Å². The van der Waals surface area contributed by atoms with E-state index in [1.54, 1.807) is 30.5 Å². The Hall–Kier alpha value is -1.50. The van der Waals surface area contributed by atoms with Crippen LogP contribution in [-0.4, -0.2) is 36.8 Å². The maximum atomic E-state index is 12.9. The maximum Gasteiger partial charge on any atom is 0.243 e. The fourth-order valence-electron chi connectivity index (χ4n) is 2.99. The number of hydrogen-bond donors (Lipinski definition) is 1. The number of piperidine rings is 1. The molecule has 0 aliphatic carbocycles. The van der Waals surface area contributed by atoms with Crippen molar-refractivity contribution in [3.63, 3.8) is 0 Å². The van der Waals surface area contributed by atoms with Gasteiger partial charge in [-0.2, -0.15) is 4.31 Å². The lowest BCUT2D eigenvalue weighted by Gasteiger charge is -2.34. The van der Waals surface area contributed by atoms with Gasteiger partial charge in [-0.15, -0.1) is 0 Å². The lowest BCUT2D eigenvalue weighted by molar-refractivity contribution is 0.254. The molecule has 112 valence electrons. The SMILES string of the molecule is CC1CC(N)CN(S(=O)(=O)c2cccc3ncccc23)C1. The molecule has 1 fully saturated rings. The number of aromatic nitrogens is 1. The van der Waals surface area contributed by atoms with Gasteiger partial charge in [0.05, 0.1) is 10.4 Å². The van der Waals surface area contributed by atoms with Crippen LogP contribution in [0.4, 0.5) is 0 Å². The number of rotatable bonds is 2. The van der Waals surface area contributed by atoms with Crippen molar-refractivity contribution >= 4 is 20.9 Å². The monoisotopic (exact) mass is 305 g/mol. The molecule has 2 atom stereocenters. The van der Waals surface area contributed by atoms with Crippen molar-refractivity contribution in [2.75, 3.05) is 13.1 Å². The third-order valence-electron chi connectivity index (χ3n) is 3.88. The lowest BCUT2D eigenvalue weighted by atomic mass is 9.99. The Bertz CT molecular complexity index is 745. The van der Waals surface area contributed by atoms with Crippen molar-refractivity contribution in [3.05, 3.63) is 36.5 Å². The number of fused-ring (bicyclic) bond motifs is 1. The normalized spacial score (nSPS) is 24.3. The van der Waals surface area contributed by atoms with E-state index in [2.05, 4.69) is 4.98 Å². The molecule has 1 aromatic carbocycles. The van der Waals surface area contributed by atoms with Gasteiger partial charge in [-0.25, -0.2) is 8.42 Å². The quantitative estimate of drug-likeness (QED) is 0.914. The van der Waals surface area contributed by atoms with Crippen LogP contribution >= 0.6 is 0 Å². The number of sulfonamides is 1. The van der Waals surface area contributed by atoms with Crippen LogP contribution < -0.4 is 5.73 Å². The topological polar surface area (TPSA) is 76.3 Å². The second-order valence-corrected chi connectivity index (χ2v) is 7.66. The van der Waals surface area contributed by atoms with E-state index in [1.165, 1.54) is 4.31 Å². The minimum absolute atomic E-state index is 0.100. The van der Waals surface area contributed by atoms with Crippen LogP contribution in [0.1, 0.15) is 13.3 Å². The van der Waals surface area contributed by atoms with Gasteiger partial charge in [0.1, 0.15) is 0 Å². The average molecular weight is 305 g/mol. The third kappa shape index (κ3) is 2.66. The van der Waals surface area contributed by atoms with Crippen molar-refractivity contribution in [2.45, 2.75) is 24.3 Å². The largest absolute Gasteiger partial charge is 0.326 e. The van der Waals surface area contributed by atoms with E-state index in [0.717, 1.165) is 6.42 Å². The van der Waals surface area contributed by atoms with Crippen molar-refractivity contribution < 1.29 is 8.42 Å². The third-order valence-corrected chi connectivity index (χ3v) is 5.77. The zero-order valence-corrected chi connectivity index (χ0v) is 12.8. The molecule has 2 unspecified atom stereocenters. The smallest absolute Gasteiger partial charge is 0.243 e. The summed E-state index contributed by atoms with van der Waals surface area (Å²) in [5, 5.41) is 0.659. The highest BCUT2D eigenvalue weighted by Gasteiger charge is 2.32. The fraction of sp³-hybridized carbons (Fsp3) is 0.400. The van der Waals surface area contributed by atoms with E-state index in [4.69, 9.17) is 5.73 Å². The van der Waals surface area contributed by atoms with Crippen LogP contribution in [0.5, 0.6) is 0 Å². The van der Waals surface area contributed by atoms with Crippen LogP contribution in [-0.2, 0) is 10.0 Å². The van der Waals surface area contributed by atoms with Crippen LogP contribution in [0, 0.1) is 5.92 Å². The number of pyridine rings is 1. The van der Waals surface area contributed by atoms with E-state index in [-0.39, 0.29) is 12.0 Å². The van der Waals surface area contributed by atoms with Gasteiger partial charge in [-0.3, -0.25) is 4.98 Å². The van der Waals surface area contributed by atoms with Gasteiger partial charge >= 0.3 is 0 Å². The molecule has 0 amide bonds. The first kappa shape index (κ1) is 14.4. The zero-order chi connectivity index (χ0) is 15.0. The number of hydrogen-bond acceptors (Lipinski definition) is 4. The molecule has 2 N–H and O–H groups in total. The van der Waals surface area contributed by atoms with Crippen LogP contribution in [0.2, 0.25) is 0 Å². The predicted octanol–water partition coefficient (Wildman–Crippen LogP) is 1.59. The maximum absolute atomic E-state index is 12.9. The highest BCUT2D eigenvalue weighted by molar-refractivity contribution is 7.89. The first-order chi connectivity index (χ1) is 9.98. The molecule has 0 radical (unpaired) electrons. The minimum atomic E-state index is -3.54. The summed E-state index contributed by atoms with van der Waals surface area (Å²) >= 11 is 0. The van der Waals surface area contributed by atoms with E-state index in [0.29, 0.717) is 28.9 Å². The average Bonchev–Trinajstić information content (AvgIpc) is 2.45. The van der Waals surface area contributed by atoms with Gasteiger partial charge in [0.25, 0.3) is 0 Å². The van der Waals surface area contributed by atoms with Crippen molar-refractivity contribution in [3.8, 4) is 0 Å². The Morgan fingerprint density at radius 2 is 2.05 bits per heavy atom. The molecule has 5 nitrogen and oxygen atoms in total. The van der Waals surface area contributed by atoms with E-state index in [9.17, 15) is 8.42 Å². The molecule has 6 heteroatoms. The molecule has 1 saturated heterocycles. The Morgan fingerprint density at radius 3 is 2.81 bits per heavy atom. The fourth-order valence-corrected chi connectivity index (χ4v) is 4.80. The highest BCUT2D eigenvalue weighted by atomic mass is 32.2. The van der Waals surface area contributed by atoms with E-state index < -0.39 is 10.0 Å². The molecule has 0 spiro atoms. The highest BCUT2D eigenvalue weighted by Crippen LogP contribution is 2.27. The first-order valence-corrected chi connectivity index (χ1v) is 8.52. The second kappa shape index (κ2) is 5.36. The molecule has 2 heterocycles. The summed E-state index contributed by atoms with van der Waals surface area (Å²) in [5.41, 5.74) is 6.67. The molecule has 1 aliphatic heterocycles. The van der Waals surface area contributed by atoms with Gasteiger partial charge < -0.3 is 5.73 Å². The summed E-state index contributed by atoms with van der Waals surface area (Å²) in [5.74, 6) is 0.275. The van der Waals surface area contributed by atoms with Gasteiger partial charge in [0, 0.05) is 30.7 Å². The Balaban J connectivity index is 2.08. The molecule has 1 aromatic heterocycles. The van der Waals surface area contributed by atoms with Gasteiger partial charge in [0.2, 0.25) is 10.0 Å². The lowest BCUT2D eigenvalue weighted by Crippen LogP contribution is -2.48. The molecule has 1 aliphatic rings. The van der Waals surface area contributed by atoms with Crippen LogP contribution in [0.25, 0.3) is 10.9 Å². The first-order valence-electron chi connectivity index (χ1n) is 7.08. The second-order valence-electron chi connectivity index (χ2n) is 5.75. The summed E-state index contributed by atoms with van der Waals surface area (Å²) in [6, 6.07) is 8.64. The Morgan fingerprint density at radius 1 is 1.24 bits per heavy atom. The van der Waals surface area contributed by atoms with Crippen molar-refractivity contribution in [2.24, 2.45) is 11.7 Å². The molecular weight excluding hydrogens is 286 g/mol. The molecule has 0 bridgehead atoms. The summed E-state index contributed by atoms with van der Waals surface area (Å²) in [6.07, 6.45) is 2.53. The van der Waals surface area contributed by atoms with E-state index in [1.807, 2.05) is 13.0 Å². The predicted molar refractivity (Wildman–Crippen MR) is 82.3 cm³/mol. The summed E-state index contributed by atoms with van der Waals surface area (Å²) < 4.78 is 27.4. The summed E-state index contributed by atoms with van der Waals surface area (Å²) in [6.45, 7) is 2.93. The van der Waals surface area contributed by atoms with Crippen molar-refractivity contribution in [1.29, 1.82) is 0 Å². The zero-order valence-electron chi connectivity index (χ0n) is 11.9. The molecule has 21 heavy (non-hydrogen) atoms. The van der Waals surface area contributed by atoms with Gasteiger partial charge in [0.15, 0.2) is 0 Å². The van der Waals surface area contributed by atoms with Crippen LogP contribution in [0.3, 0.4) is 0 Å². The van der Waals surface area contributed by atoms with E-state index >= 15 is 0 Å². The molecular formula is C15H19N3O2S. The molecule has 0 saturated carbocycles. The minimum Gasteiger partial charge on any atom is -0.326 e. The summed E-state index contributed by atoms with van der Waals surface area (Å²) in [7, 11) is -3.54. The standard InChI is InChI=1S/C15H19N3O2S/c1-11-8-12(16)10-18(9-11)21(19,20)15-6-2-5-14-13(15)4-3-7-17-14/h2-7,11-12H,8-10,16H2,1H3. The Kier molecular flexibility index (Phi) is 3.69. The van der Waals surface area contributed by atoms with Crippen molar-refractivity contribution in [1.82, 2.24) is 9.29 Å². The van der Waals surface area contributed by atoms with Crippen LogP contribution in [0.15, 0.2) is 41.4 Å².